The van der Waals surface area contributed by atoms with Crippen LogP contribution >= 0.6 is 0 Å². The lowest BCUT2D eigenvalue weighted by molar-refractivity contribution is 0.0976. The molecule has 16 heavy (non-hydrogen) atoms. The Labute approximate surface area is 96.6 Å². The lowest BCUT2D eigenvalue weighted by Crippen LogP contribution is -2.01. The number of para-hydroxylation sites is 1. The second kappa shape index (κ2) is 5.15. The molecular weight excluding hydrogens is 200 g/mol. The number of hydrogen-bond acceptors (Lipinski definition) is 2. The second-order valence-corrected chi connectivity index (χ2v) is 4.27. The summed E-state index contributed by atoms with van der Waals surface area (Å²) in [6, 6.07) is 5.89. The number of ether oxygens (including phenoxy) is 1. The van der Waals surface area contributed by atoms with E-state index in [4.69, 9.17) is 4.74 Å². The van der Waals surface area contributed by atoms with Gasteiger partial charge in [0.15, 0.2) is 5.78 Å². The average Bonchev–Trinajstić information content (AvgIpc) is 2.76. The van der Waals surface area contributed by atoms with Gasteiger partial charge < -0.3 is 4.74 Å². The fourth-order valence-electron chi connectivity index (χ4n) is 2.11. The number of carbonyl (C=O) groups excluding carboxylic acids is 1. The number of benzene rings is 1. The zero-order valence-electron chi connectivity index (χ0n) is 9.79. The van der Waals surface area contributed by atoms with Crippen molar-refractivity contribution in [3.8, 4) is 5.75 Å². The highest BCUT2D eigenvalue weighted by molar-refractivity contribution is 5.99. The van der Waals surface area contributed by atoms with Crippen LogP contribution in [-0.4, -0.2) is 12.4 Å². The molecule has 0 fully saturated rings. The molecule has 0 aromatic heterocycles. The quantitative estimate of drug-likeness (QED) is 0.559. The molecular formula is C14H18O2. The van der Waals surface area contributed by atoms with Crippen LogP contribution in [0, 0.1) is 0 Å². The predicted octanol–water partition coefficient (Wildman–Crippen LogP) is 3.38. The van der Waals surface area contributed by atoms with E-state index in [2.05, 4.69) is 6.92 Å². The predicted molar refractivity (Wildman–Crippen MR) is 64.1 cm³/mol. The fourth-order valence-corrected chi connectivity index (χ4v) is 2.11. The van der Waals surface area contributed by atoms with E-state index in [0.29, 0.717) is 13.0 Å². The second-order valence-electron chi connectivity index (χ2n) is 4.27. The Balaban J connectivity index is 2.09. The van der Waals surface area contributed by atoms with Gasteiger partial charge in [-0.05, 0) is 18.1 Å². The molecule has 0 spiro atoms. The summed E-state index contributed by atoms with van der Waals surface area (Å²) in [5, 5.41) is 0. The van der Waals surface area contributed by atoms with E-state index in [1.165, 1.54) is 5.56 Å². The standard InChI is InChI=1S/C14H18O2/c1-2-3-4-8-13(15)12-7-5-6-11-9-10-16-14(11)12/h5-7H,2-4,8-10H2,1H3. The third-order valence-electron chi connectivity index (χ3n) is 3.02. The van der Waals surface area contributed by atoms with Crippen LogP contribution in [0.2, 0.25) is 0 Å². The molecule has 0 aliphatic carbocycles. The Bertz CT molecular complexity index is 382. The molecule has 1 aliphatic rings. The lowest BCUT2D eigenvalue weighted by atomic mass is 10.0. The number of carbonyl (C=O) groups is 1. The molecule has 0 atom stereocenters. The first-order valence-corrected chi connectivity index (χ1v) is 6.11. The van der Waals surface area contributed by atoms with E-state index in [0.717, 1.165) is 37.0 Å². The molecule has 1 aliphatic heterocycles. The number of rotatable bonds is 5. The minimum atomic E-state index is 0.229. The van der Waals surface area contributed by atoms with E-state index in [1.54, 1.807) is 0 Å². The molecule has 0 bridgehead atoms. The van der Waals surface area contributed by atoms with Crippen molar-refractivity contribution in [3.05, 3.63) is 29.3 Å². The summed E-state index contributed by atoms with van der Waals surface area (Å²) in [6.07, 6.45) is 4.84. The lowest BCUT2D eigenvalue weighted by Gasteiger charge is -2.06. The maximum atomic E-state index is 12.0. The summed E-state index contributed by atoms with van der Waals surface area (Å²) in [5.41, 5.74) is 1.97. The highest BCUT2D eigenvalue weighted by Crippen LogP contribution is 2.30. The number of Topliss-reactive ketones (excluding diaryl/α,β-unsaturated/α-hetero) is 1. The molecule has 0 unspecified atom stereocenters. The van der Waals surface area contributed by atoms with Crippen molar-refractivity contribution < 1.29 is 9.53 Å². The molecule has 0 radical (unpaired) electrons. The van der Waals surface area contributed by atoms with E-state index >= 15 is 0 Å². The van der Waals surface area contributed by atoms with Crippen molar-refractivity contribution in [1.29, 1.82) is 0 Å². The number of fused-ring (bicyclic) bond motifs is 1. The number of ketones is 1. The minimum Gasteiger partial charge on any atom is -0.492 e. The van der Waals surface area contributed by atoms with E-state index < -0.39 is 0 Å². The van der Waals surface area contributed by atoms with Gasteiger partial charge in [-0.25, -0.2) is 0 Å². The van der Waals surface area contributed by atoms with Crippen molar-refractivity contribution in [2.75, 3.05) is 6.61 Å². The molecule has 2 nitrogen and oxygen atoms in total. The maximum Gasteiger partial charge on any atom is 0.166 e. The summed E-state index contributed by atoms with van der Waals surface area (Å²) >= 11 is 0. The SMILES string of the molecule is CCCCCC(=O)c1cccc2c1OCC2. The molecule has 86 valence electrons. The molecule has 0 N–H and O–H groups in total. The minimum absolute atomic E-state index is 0.229. The van der Waals surface area contributed by atoms with Crippen LogP contribution in [0.1, 0.15) is 48.5 Å². The third kappa shape index (κ3) is 2.26. The van der Waals surface area contributed by atoms with E-state index in [-0.39, 0.29) is 5.78 Å². The van der Waals surface area contributed by atoms with Crippen molar-refractivity contribution in [2.24, 2.45) is 0 Å². The highest BCUT2D eigenvalue weighted by atomic mass is 16.5. The van der Waals surface area contributed by atoms with Gasteiger partial charge in [-0.1, -0.05) is 31.9 Å². The van der Waals surface area contributed by atoms with E-state index in [1.807, 2.05) is 18.2 Å². The largest absolute Gasteiger partial charge is 0.492 e. The maximum absolute atomic E-state index is 12.0. The first-order valence-electron chi connectivity index (χ1n) is 6.11. The topological polar surface area (TPSA) is 26.3 Å². The van der Waals surface area contributed by atoms with Crippen LogP contribution in [0.15, 0.2) is 18.2 Å². The Morgan fingerprint density at radius 3 is 3.06 bits per heavy atom. The number of unbranched alkanes of at least 4 members (excludes halogenated alkanes) is 2. The van der Waals surface area contributed by atoms with E-state index in [9.17, 15) is 4.79 Å². The monoisotopic (exact) mass is 218 g/mol. The van der Waals surface area contributed by atoms with Crippen molar-refractivity contribution in [2.45, 2.75) is 39.0 Å². The molecule has 0 saturated heterocycles. The molecule has 0 saturated carbocycles. The van der Waals surface area contributed by atoms with Gasteiger partial charge in [0.05, 0.1) is 12.2 Å². The van der Waals surface area contributed by atoms with Gasteiger partial charge in [-0.15, -0.1) is 0 Å². The Morgan fingerprint density at radius 2 is 2.25 bits per heavy atom. The Kier molecular flexibility index (Phi) is 3.60. The molecule has 2 heteroatoms. The van der Waals surface area contributed by atoms with Gasteiger partial charge in [0.2, 0.25) is 0 Å². The Hall–Kier alpha value is -1.31. The van der Waals surface area contributed by atoms with Crippen LogP contribution in [0.3, 0.4) is 0 Å². The fraction of sp³-hybridized carbons (Fsp3) is 0.500. The summed E-state index contributed by atoms with van der Waals surface area (Å²) < 4.78 is 5.54. The zero-order valence-corrected chi connectivity index (χ0v) is 9.79. The molecule has 0 amide bonds. The summed E-state index contributed by atoms with van der Waals surface area (Å²) in [5.74, 6) is 1.07. The molecule has 1 aromatic rings. The average molecular weight is 218 g/mol. The smallest absolute Gasteiger partial charge is 0.166 e. The van der Waals surface area contributed by atoms with Gasteiger partial charge >= 0.3 is 0 Å². The van der Waals surface area contributed by atoms with Gasteiger partial charge in [0.25, 0.3) is 0 Å². The van der Waals surface area contributed by atoms with Crippen LogP contribution in [0.4, 0.5) is 0 Å². The van der Waals surface area contributed by atoms with Crippen LogP contribution in [-0.2, 0) is 6.42 Å². The summed E-state index contributed by atoms with van der Waals surface area (Å²) in [6.45, 7) is 2.86. The van der Waals surface area contributed by atoms with Gasteiger partial charge in [-0.2, -0.15) is 0 Å². The van der Waals surface area contributed by atoms with Crippen molar-refractivity contribution in [3.63, 3.8) is 0 Å². The first-order chi connectivity index (χ1) is 7.83. The van der Waals surface area contributed by atoms with Crippen LogP contribution in [0.25, 0.3) is 0 Å². The van der Waals surface area contributed by atoms with Crippen molar-refractivity contribution >= 4 is 5.78 Å². The summed E-state index contributed by atoms with van der Waals surface area (Å²) in [7, 11) is 0. The highest BCUT2D eigenvalue weighted by Gasteiger charge is 2.19. The molecule has 1 heterocycles. The van der Waals surface area contributed by atoms with Gasteiger partial charge in [0, 0.05) is 12.8 Å². The zero-order chi connectivity index (χ0) is 11.4. The summed E-state index contributed by atoms with van der Waals surface area (Å²) in [4.78, 5) is 12.0. The van der Waals surface area contributed by atoms with Gasteiger partial charge in [0.1, 0.15) is 5.75 Å². The van der Waals surface area contributed by atoms with Crippen molar-refractivity contribution in [1.82, 2.24) is 0 Å². The van der Waals surface area contributed by atoms with Gasteiger partial charge in [-0.3, -0.25) is 4.79 Å². The van der Waals surface area contributed by atoms with Crippen LogP contribution < -0.4 is 4.74 Å². The molecule has 2 rings (SSSR count). The number of hydrogen-bond donors (Lipinski definition) is 0. The normalized spacial score (nSPS) is 13.3. The molecule has 1 aromatic carbocycles. The van der Waals surface area contributed by atoms with Crippen LogP contribution in [0.5, 0.6) is 5.75 Å². The third-order valence-corrected chi connectivity index (χ3v) is 3.02. The first kappa shape index (κ1) is 11.2. The Morgan fingerprint density at radius 1 is 1.38 bits per heavy atom.